The Balaban J connectivity index is 1.48. The second-order valence-electron chi connectivity index (χ2n) is 6.42. The lowest BCUT2D eigenvalue weighted by atomic mass is 10.1. The Bertz CT molecular complexity index is 919. The van der Waals surface area contributed by atoms with E-state index >= 15 is 0 Å². The number of rotatable bonds is 5. The highest BCUT2D eigenvalue weighted by molar-refractivity contribution is 7.20. The minimum Gasteiger partial charge on any atom is -0.467 e. The zero-order valence-corrected chi connectivity index (χ0v) is 16.0. The number of aromatic nitrogens is 3. The van der Waals surface area contributed by atoms with Crippen molar-refractivity contribution in [3.8, 4) is 6.01 Å². The van der Waals surface area contributed by atoms with E-state index < -0.39 is 0 Å². The smallest absolute Gasteiger partial charge is 0.321 e. The molecule has 0 radical (unpaired) electrons. The first kappa shape index (κ1) is 17.7. The van der Waals surface area contributed by atoms with Crippen LogP contribution in [-0.4, -0.2) is 41.1 Å². The topological polar surface area (TPSA) is 80.2 Å². The number of ether oxygens (including phenoxy) is 1. The van der Waals surface area contributed by atoms with Crippen molar-refractivity contribution in [1.82, 2.24) is 20.3 Å². The van der Waals surface area contributed by atoms with E-state index in [2.05, 4.69) is 25.2 Å². The largest absolute Gasteiger partial charge is 0.467 e. The van der Waals surface area contributed by atoms with Gasteiger partial charge in [-0.15, -0.1) is 11.3 Å². The number of benzene rings is 1. The average Bonchev–Trinajstić information content (AvgIpc) is 3.17. The molecule has 1 fully saturated rings. The van der Waals surface area contributed by atoms with Crippen LogP contribution in [0.2, 0.25) is 0 Å². The summed E-state index contributed by atoms with van der Waals surface area (Å²) in [7, 11) is 1.54. The summed E-state index contributed by atoms with van der Waals surface area (Å²) >= 11 is 1.48. The van der Waals surface area contributed by atoms with E-state index in [1.165, 1.54) is 24.9 Å². The van der Waals surface area contributed by atoms with Crippen LogP contribution in [-0.2, 0) is 6.54 Å². The predicted octanol–water partition coefficient (Wildman–Crippen LogP) is 3.02. The summed E-state index contributed by atoms with van der Waals surface area (Å²) < 4.78 is 6.31. The van der Waals surface area contributed by atoms with Crippen LogP contribution in [0.15, 0.2) is 30.3 Å². The van der Waals surface area contributed by atoms with Gasteiger partial charge in [-0.2, -0.15) is 15.0 Å². The van der Waals surface area contributed by atoms with Crippen LogP contribution >= 0.6 is 11.3 Å². The molecule has 1 amide bonds. The van der Waals surface area contributed by atoms with Gasteiger partial charge in [0.15, 0.2) is 5.82 Å². The van der Waals surface area contributed by atoms with Crippen molar-refractivity contribution in [2.45, 2.75) is 25.8 Å². The third-order valence-corrected chi connectivity index (χ3v) is 5.64. The van der Waals surface area contributed by atoms with E-state index in [4.69, 9.17) is 4.74 Å². The lowest BCUT2D eigenvalue weighted by molar-refractivity contribution is 0.0954. The zero-order chi connectivity index (χ0) is 18.6. The molecule has 8 heteroatoms. The molecular formula is C19H21N5O2S. The molecule has 140 valence electrons. The Morgan fingerprint density at radius 2 is 2.00 bits per heavy atom. The molecule has 1 aliphatic heterocycles. The van der Waals surface area contributed by atoms with Crippen molar-refractivity contribution < 1.29 is 9.53 Å². The summed E-state index contributed by atoms with van der Waals surface area (Å²) in [6, 6.07) is 10.1. The number of amides is 1. The molecular weight excluding hydrogens is 362 g/mol. The molecule has 3 heterocycles. The maximum Gasteiger partial charge on any atom is 0.321 e. The molecule has 0 saturated carbocycles. The number of carbonyl (C=O) groups excluding carboxylic acids is 1. The second-order valence-corrected chi connectivity index (χ2v) is 7.50. The quantitative estimate of drug-likeness (QED) is 0.729. The van der Waals surface area contributed by atoms with Gasteiger partial charge in [0.2, 0.25) is 5.95 Å². The number of thiophene rings is 1. The molecule has 1 N–H and O–H groups in total. The molecule has 4 rings (SSSR count). The lowest BCUT2D eigenvalue weighted by Crippen LogP contribution is -2.32. The SMILES string of the molecule is COc1nc(CNC(=O)c2cc3ccccc3s2)nc(N2CCCCC2)n1. The normalized spacial score (nSPS) is 14.3. The minimum atomic E-state index is -0.130. The van der Waals surface area contributed by atoms with Gasteiger partial charge >= 0.3 is 6.01 Å². The first-order chi connectivity index (χ1) is 13.2. The minimum absolute atomic E-state index is 0.130. The zero-order valence-electron chi connectivity index (χ0n) is 15.1. The van der Waals surface area contributed by atoms with Gasteiger partial charge in [-0.3, -0.25) is 4.79 Å². The van der Waals surface area contributed by atoms with Gasteiger partial charge in [-0.1, -0.05) is 18.2 Å². The van der Waals surface area contributed by atoms with Crippen molar-refractivity contribution in [3.63, 3.8) is 0 Å². The molecule has 1 saturated heterocycles. The van der Waals surface area contributed by atoms with Crippen LogP contribution in [0.4, 0.5) is 5.95 Å². The third-order valence-electron chi connectivity index (χ3n) is 4.53. The molecule has 0 aliphatic carbocycles. The summed E-state index contributed by atoms with van der Waals surface area (Å²) in [5, 5.41) is 3.97. The number of nitrogens with zero attached hydrogens (tertiary/aromatic N) is 4. The second kappa shape index (κ2) is 7.87. The molecule has 0 bridgehead atoms. The van der Waals surface area contributed by atoms with E-state index in [0.717, 1.165) is 36.0 Å². The van der Waals surface area contributed by atoms with E-state index in [1.54, 1.807) is 0 Å². The molecule has 0 spiro atoms. The Morgan fingerprint density at radius 1 is 1.19 bits per heavy atom. The molecule has 7 nitrogen and oxygen atoms in total. The fourth-order valence-electron chi connectivity index (χ4n) is 3.13. The van der Waals surface area contributed by atoms with Crippen LogP contribution in [0.5, 0.6) is 6.01 Å². The van der Waals surface area contributed by atoms with Crippen molar-refractivity contribution in [2.75, 3.05) is 25.1 Å². The summed E-state index contributed by atoms with van der Waals surface area (Å²) in [4.78, 5) is 28.5. The number of piperidine rings is 1. The standard InChI is InChI=1S/C19H21N5O2S/c1-26-19-22-16(21-18(23-19)24-9-5-2-6-10-24)12-20-17(25)15-11-13-7-3-4-8-14(13)27-15/h3-4,7-8,11H,2,5-6,9-10,12H2,1H3,(H,20,25). The van der Waals surface area contributed by atoms with Crippen molar-refractivity contribution in [2.24, 2.45) is 0 Å². The Labute approximate surface area is 161 Å². The average molecular weight is 383 g/mol. The van der Waals surface area contributed by atoms with Crippen molar-refractivity contribution >= 4 is 33.3 Å². The predicted molar refractivity (Wildman–Crippen MR) is 105 cm³/mol. The van der Waals surface area contributed by atoms with Crippen LogP contribution in [0.1, 0.15) is 34.8 Å². The third kappa shape index (κ3) is 4.00. The fourth-order valence-corrected chi connectivity index (χ4v) is 4.11. The van der Waals surface area contributed by atoms with Gasteiger partial charge in [0.25, 0.3) is 5.91 Å². The molecule has 3 aromatic rings. The highest BCUT2D eigenvalue weighted by Crippen LogP contribution is 2.25. The van der Waals surface area contributed by atoms with E-state index in [1.807, 2.05) is 30.3 Å². The summed E-state index contributed by atoms with van der Waals surface area (Å²) in [6.07, 6.45) is 3.49. The molecule has 1 aliphatic rings. The van der Waals surface area contributed by atoms with Crippen LogP contribution in [0.25, 0.3) is 10.1 Å². The highest BCUT2D eigenvalue weighted by Gasteiger charge is 2.17. The van der Waals surface area contributed by atoms with E-state index in [0.29, 0.717) is 16.6 Å². The van der Waals surface area contributed by atoms with Crippen LogP contribution in [0.3, 0.4) is 0 Å². The number of anilines is 1. The fraction of sp³-hybridized carbons (Fsp3) is 0.368. The maximum atomic E-state index is 12.5. The first-order valence-corrected chi connectivity index (χ1v) is 9.85. The molecule has 2 aromatic heterocycles. The Hall–Kier alpha value is -2.74. The van der Waals surface area contributed by atoms with Crippen LogP contribution < -0.4 is 15.0 Å². The number of fused-ring (bicyclic) bond motifs is 1. The molecule has 27 heavy (non-hydrogen) atoms. The summed E-state index contributed by atoms with van der Waals surface area (Å²) in [5.41, 5.74) is 0. The van der Waals surface area contributed by atoms with Crippen LogP contribution in [0, 0.1) is 0 Å². The number of carbonyl (C=O) groups is 1. The molecule has 1 aromatic carbocycles. The number of nitrogens with one attached hydrogen (secondary N) is 1. The highest BCUT2D eigenvalue weighted by atomic mass is 32.1. The van der Waals surface area contributed by atoms with Gasteiger partial charge in [0.05, 0.1) is 18.5 Å². The van der Waals surface area contributed by atoms with E-state index in [-0.39, 0.29) is 18.5 Å². The maximum absolute atomic E-state index is 12.5. The van der Waals surface area contributed by atoms with Gasteiger partial charge in [-0.25, -0.2) is 0 Å². The summed E-state index contributed by atoms with van der Waals surface area (Å²) in [6.45, 7) is 2.09. The summed E-state index contributed by atoms with van der Waals surface area (Å²) in [5.74, 6) is 0.986. The first-order valence-electron chi connectivity index (χ1n) is 9.03. The monoisotopic (exact) mass is 383 g/mol. The number of hydrogen-bond donors (Lipinski definition) is 1. The number of hydrogen-bond acceptors (Lipinski definition) is 7. The van der Waals surface area contributed by atoms with E-state index in [9.17, 15) is 4.79 Å². The van der Waals surface area contributed by atoms with Crippen molar-refractivity contribution in [3.05, 3.63) is 41.0 Å². The van der Waals surface area contributed by atoms with Gasteiger partial charge in [0.1, 0.15) is 0 Å². The Kier molecular flexibility index (Phi) is 5.15. The molecule has 0 unspecified atom stereocenters. The van der Waals surface area contributed by atoms with Crippen molar-refractivity contribution in [1.29, 1.82) is 0 Å². The molecule has 0 atom stereocenters. The number of methoxy groups -OCH3 is 1. The van der Waals surface area contributed by atoms with Gasteiger partial charge in [-0.05, 0) is 36.8 Å². The lowest BCUT2D eigenvalue weighted by Gasteiger charge is -2.26. The van der Waals surface area contributed by atoms with Gasteiger partial charge < -0.3 is 15.0 Å². The Morgan fingerprint density at radius 3 is 2.78 bits per heavy atom. The van der Waals surface area contributed by atoms with Gasteiger partial charge in [0, 0.05) is 17.8 Å².